The van der Waals surface area contributed by atoms with Crippen LogP contribution in [0.5, 0.6) is 0 Å². The van der Waals surface area contributed by atoms with Crippen LogP contribution in [0.2, 0.25) is 0 Å². The van der Waals surface area contributed by atoms with Crippen LogP contribution in [0.3, 0.4) is 0 Å². The third kappa shape index (κ3) is 2.42. The molecule has 28 heavy (non-hydrogen) atoms. The van der Waals surface area contributed by atoms with E-state index in [1.807, 2.05) is 18.2 Å². The Morgan fingerprint density at radius 2 is 1.46 bits per heavy atom. The average Bonchev–Trinajstić information content (AvgIpc) is 2.96. The Bertz CT molecular complexity index is 1230. The van der Waals surface area contributed by atoms with Crippen molar-refractivity contribution in [1.29, 1.82) is 0 Å². The van der Waals surface area contributed by atoms with Crippen molar-refractivity contribution in [3.05, 3.63) is 100 Å². The summed E-state index contributed by atoms with van der Waals surface area (Å²) < 4.78 is 0.709. The van der Waals surface area contributed by atoms with Gasteiger partial charge in [0.05, 0.1) is 0 Å². The Morgan fingerprint density at radius 3 is 2.25 bits per heavy atom. The molecular weight excluding hydrogens is 411 g/mol. The first-order valence-corrected chi connectivity index (χ1v) is 10.1. The Balaban J connectivity index is 1.83. The fraction of sp³-hybridized carbons (Fsp3) is 0.0833. The van der Waals surface area contributed by atoms with Crippen molar-refractivity contribution in [3.8, 4) is 11.1 Å². The molecular formula is C24H18BBrO2. The predicted molar refractivity (Wildman–Crippen MR) is 119 cm³/mol. The van der Waals surface area contributed by atoms with Crippen LogP contribution in [0.15, 0.2) is 83.3 Å². The van der Waals surface area contributed by atoms with E-state index >= 15 is 0 Å². The van der Waals surface area contributed by atoms with E-state index in [1.54, 1.807) is 0 Å². The van der Waals surface area contributed by atoms with Crippen LogP contribution in [-0.4, -0.2) is 17.2 Å². The zero-order valence-electron chi connectivity index (χ0n) is 15.4. The first kappa shape index (κ1) is 17.7. The molecule has 0 saturated heterocycles. The summed E-state index contributed by atoms with van der Waals surface area (Å²) in [5.74, 6) is 0. The maximum atomic E-state index is 9.77. The third-order valence-corrected chi connectivity index (χ3v) is 6.72. The van der Waals surface area contributed by atoms with Gasteiger partial charge in [-0.15, -0.1) is 0 Å². The molecule has 4 aromatic carbocycles. The molecule has 1 unspecified atom stereocenters. The molecule has 5 rings (SSSR count). The number of hydrogen-bond acceptors (Lipinski definition) is 2. The monoisotopic (exact) mass is 428 g/mol. The van der Waals surface area contributed by atoms with Crippen LogP contribution < -0.4 is 5.46 Å². The first-order chi connectivity index (χ1) is 13.5. The van der Waals surface area contributed by atoms with Crippen LogP contribution >= 0.6 is 15.9 Å². The predicted octanol–water partition coefficient (Wildman–Crippen LogP) is 4.62. The molecule has 0 aromatic heterocycles. The third-order valence-electron chi connectivity index (χ3n) is 6.04. The second-order valence-electron chi connectivity index (χ2n) is 7.53. The molecule has 2 nitrogen and oxygen atoms in total. The van der Waals surface area contributed by atoms with E-state index in [2.05, 4.69) is 83.5 Å². The highest BCUT2D eigenvalue weighted by molar-refractivity contribution is 9.10. The van der Waals surface area contributed by atoms with Gasteiger partial charge in [-0.25, -0.2) is 0 Å². The standard InChI is InChI=1S/C24H18BBrO2/c1-24(17-11-10-15-6-2-3-7-16(15)12-17)20-9-5-4-8-18(20)19-13-22(25(27)28)23(26)14-21(19)24/h2-14,27-28H,1H3. The lowest BCUT2D eigenvalue weighted by molar-refractivity contribution is 0.425. The molecule has 2 N–H and O–H groups in total. The molecule has 0 fully saturated rings. The zero-order chi connectivity index (χ0) is 19.5. The first-order valence-electron chi connectivity index (χ1n) is 9.29. The zero-order valence-corrected chi connectivity index (χ0v) is 16.9. The molecule has 1 atom stereocenters. The molecule has 0 heterocycles. The van der Waals surface area contributed by atoms with E-state index in [-0.39, 0.29) is 5.41 Å². The summed E-state index contributed by atoms with van der Waals surface area (Å²) in [5, 5.41) is 22.0. The van der Waals surface area contributed by atoms with Crippen molar-refractivity contribution in [2.75, 3.05) is 0 Å². The minimum Gasteiger partial charge on any atom is -0.423 e. The van der Waals surface area contributed by atoms with Gasteiger partial charge >= 0.3 is 7.12 Å². The van der Waals surface area contributed by atoms with E-state index in [1.165, 1.54) is 27.5 Å². The summed E-state index contributed by atoms with van der Waals surface area (Å²) in [6, 6.07) is 27.4. The van der Waals surface area contributed by atoms with Gasteiger partial charge in [0.15, 0.2) is 0 Å². The van der Waals surface area contributed by atoms with Crippen LogP contribution in [0.1, 0.15) is 23.6 Å². The van der Waals surface area contributed by atoms with Gasteiger partial charge in [0.25, 0.3) is 0 Å². The highest BCUT2D eigenvalue weighted by Crippen LogP contribution is 2.52. The largest absolute Gasteiger partial charge is 0.489 e. The molecule has 136 valence electrons. The minimum absolute atomic E-state index is 0.322. The van der Waals surface area contributed by atoms with Gasteiger partial charge in [-0.05, 0) is 63.1 Å². The fourth-order valence-electron chi connectivity index (χ4n) is 4.53. The Kier molecular flexibility index (Phi) is 3.99. The van der Waals surface area contributed by atoms with Crippen molar-refractivity contribution in [2.45, 2.75) is 12.3 Å². The van der Waals surface area contributed by atoms with E-state index < -0.39 is 7.12 Å². The number of halogens is 1. The van der Waals surface area contributed by atoms with Crippen molar-refractivity contribution < 1.29 is 10.0 Å². The lowest BCUT2D eigenvalue weighted by Gasteiger charge is -2.29. The van der Waals surface area contributed by atoms with Crippen LogP contribution in [0.4, 0.5) is 0 Å². The minimum atomic E-state index is -1.51. The maximum absolute atomic E-state index is 9.77. The fourth-order valence-corrected chi connectivity index (χ4v) is 5.08. The summed E-state index contributed by atoms with van der Waals surface area (Å²) in [5.41, 5.74) is 5.98. The molecule has 0 radical (unpaired) electrons. The van der Waals surface area contributed by atoms with E-state index in [9.17, 15) is 10.0 Å². The molecule has 0 saturated carbocycles. The smallest absolute Gasteiger partial charge is 0.423 e. The molecule has 1 aliphatic rings. The van der Waals surface area contributed by atoms with Crippen LogP contribution in [0.25, 0.3) is 21.9 Å². The molecule has 0 bridgehead atoms. The topological polar surface area (TPSA) is 40.5 Å². The van der Waals surface area contributed by atoms with Gasteiger partial charge < -0.3 is 10.0 Å². The highest BCUT2D eigenvalue weighted by atomic mass is 79.9. The molecule has 4 aromatic rings. The molecule has 0 amide bonds. The summed E-state index contributed by atoms with van der Waals surface area (Å²) in [6.07, 6.45) is 0. The van der Waals surface area contributed by atoms with Gasteiger partial charge in [0, 0.05) is 9.89 Å². The molecule has 4 heteroatoms. The number of rotatable bonds is 2. The van der Waals surface area contributed by atoms with E-state index in [4.69, 9.17) is 0 Å². The van der Waals surface area contributed by atoms with Gasteiger partial charge in [-0.2, -0.15) is 0 Å². The van der Waals surface area contributed by atoms with E-state index in [0.29, 0.717) is 9.94 Å². The number of benzene rings is 4. The van der Waals surface area contributed by atoms with Crippen molar-refractivity contribution in [1.82, 2.24) is 0 Å². The quantitative estimate of drug-likeness (QED) is 0.457. The SMILES string of the molecule is CC1(c2ccc3ccccc3c2)c2ccccc2-c2cc(B(O)O)c(Br)cc21. The number of hydrogen-bond donors (Lipinski definition) is 2. The average molecular weight is 429 g/mol. The van der Waals surface area contributed by atoms with Crippen molar-refractivity contribution in [2.24, 2.45) is 0 Å². The Morgan fingerprint density at radius 1 is 0.750 bits per heavy atom. The molecule has 0 aliphatic heterocycles. The van der Waals surface area contributed by atoms with E-state index in [0.717, 1.165) is 11.1 Å². The second-order valence-corrected chi connectivity index (χ2v) is 8.38. The summed E-state index contributed by atoms with van der Waals surface area (Å²) in [7, 11) is -1.51. The second kappa shape index (κ2) is 6.31. The van der Waals surface area contributed by atoms with Crippen molar-refractivity contribution in [3.63, 3.8) is 0 Å². The molecule has 1 aliphatic carbocycles. The van der Waals surface area contributed by atoms with Gasteiger partial charge in [0.2, 0.25) is 0 Å². The van der Waals surface area contributed by atoms with Gasteiger partial charge in [-0.1, -0.05) is 82.7 Å². The van der Waals surface area contributed by atoms with Crippen molar-refractivity contribution >= 4 is 39.3 Å². The van der Waals surface area contributed by atoms with Gasteiger partial charge in [0.1, 0.15) is 0 Å². The Hall–Kier alpha value is -2.40. The normalized spacial score (nSPS) is 17.4. The maximum Gasteiger partial charge on any atom is 0.489 e. The van der Waals surface area contributed by atoms with Gasteiger partial charge in [-0.3, -0.25) is 0 Å². The lowest BCUT2D eigenvalue weighted by Crippen LogP contribution is -2.32. The molecule has 0 spiro atoms. The number of fused-ring (bicyclic) bond motifs is 4. The Labute approximate surface area is 172 Å². The van der Waals surface area contributed by atoms with Crippen LogP contribution in [0, 0.1) is 0 Å². The highest BCUT2D eigenvalue weighted by Gasteiger charge is 2.41. The van der Waals surface area contributed by atoms with Crippen LogP contribution in [-0.2, 0) is 5.41 Å². The summed E-state index contributed by atoms with van der Waals surface area (Å²) >= 11 is 3.54. The lowest BCUT2D eigenvalue weighted by atomic mass is 9.72. The summed E-state index contributed by atoms with van der Waals surface area (Å²) in [4.78, 5) is 0. The summed E-state index contributed by atoms with van der Waals surface area (Å²) in [6.45, 7) is 2.25.